The smallest absolute Gasteiger partial charge is 0.326 e. The van der Waals surface area contributed by atoms with Crippen molar-refractivity contribution < 1.29 is 43.5 Å². The van der Waals surface area contributed by atoms with E-state index in [1.165, 1.54) is 11.8 Å². The van der Waals surface area contributed by atoms with Crippen LogP contribution in [0.15, 0.2) is 0 Å². The van der Waals surface area contributed by atoms with Crippen molar-refractivity contribution in [3.05, 3.63) is 0 Å². The lowest BCUT2D eigenvalue weighted by Gasteiger charge is -2.59. The zero-order valence-corrected chi connectivity index (χ0v) is 21.6. The summed E-state index contributed by atoms with van der Waals surface area (Å²) in [6.45, 7) is 6.05. The lowest BCUT2D eigenvalue weighted by atomic mass is 9.58. The second kappa shape index (κ2) is 10.5. The zero-order valence-electron chi connectivity index (χ0n) is 20.8. The molecule has 0 aromatic heterocycles. The predicted octanol–water partition coefficient (Wildman–Crippen LogP) is 2.84. The molecule has 5 rings (SSSR count). The van der Waals surface area contributed by atoms with E-state index < -0.39 is 47.9 Å². The number of hydrogen-bond acceptors (Lipinski definition) is 9. The highest BCUT2D eigenvalue weighted by atomic mass is 32.2. The molecule has 5 aliphatic rings. The second-order valence-electron chi connectivity index (χ2n) is 10.5. The molecule has 5 fully saturated rings. The fraction of sp³-hybridized carbons (Fsp3) is 0.875. The van der Waals surface area contributed by atoms with Crippen LogP contribution >= 0.6 is 11.8 Å². The number of thioether (sulfide) groups is 1. The molecule has 4 aliphatic heterocycles. The van der Waals surface area contributed by atoms with Gasteiger partial charge in [0.1, 0.15) is 6.04 Å². The molecule has 1 aliphatic carbocycles. The number of carboxylic acid groups (broad SMARTS) is 1. The van der Waals surface area contributed by atoms with Crippen molar-refractivity contribution in [2.45, 2.75) is 95.7 Å². The van der Waals surface area contributed by atoms with Crippen LogP contribution in [0.3, 0.4) is 0 Å². The van der Waals surface area contributed by atoms with E-state index in [1.807, 2.05) is 20.1 Å². The third-order valence-electron chi connectivity index (χ3n) is 8.14. The van der Waals surface area contributed by atoms with Crippen LogP contribution in [0.25, 0.3) is 0 Å². The molecule has 2 N–H and O–H groups in total. The van der Waals surface area contributed by atoms with E-state index in [0.717, 1.165) is 19.3 Å². The Bertz CT molecular complexity index is 827. The van der Waals surface area contributed by atoms with Crippen LogP contribution in [0.5, 0.6) is 0 Å². The molecule has 4 heterocycles. The fourth-order valence-electron chi connectivity index (χ4n) is 6.17. The largest absolute Gasteiger partial charge is 0.480 e. The highest BCUT2D eigenvalue weighted by molar-refractivity contribution is 7.98. The maximum absolute atomic E-state index is 12.6. The van der Waals surface area contributed by atoms with Gasteiger partial charge in [-0.15, -0.1) is 0 Å². The quantitative estimate of drug-likeness (QED) is 0.349. The Balaban J connectivity index is 1.37. The molecule has 1 spiro atoms. The van der Waals surface area contributed by atoms with E-state index in [-0.39, 0.29) is 30.6 Å². The fourth-order valence-corrected chi connectivity index (χ4v) is 6.64. The number of ether oxygens (including phenoxy) is 3. The topological polar surface area (TPSA) is 130 Å². The Kier molecular flexibility index (Phi) is 8.02. The average molecular weight is 516 g/mol. The normalized spacial score (nSPS) is 40.8. The summed E-state index contributed by atoms with van der Waals surface area (Å²) >= 11 is 1.50. The van der Waals surface area contributed by atoms with Gasteiger partial charge in [-0.1, -0.05) is 13.8 Å². The number of carbonyl (C=O) groups excluding carboxylic acids is 2. The van der Waals surface area contributed by atoms with Gasteiger partial charge in [-0.05, 0) is 56.5 Å². The number of amides is 1. The first-order chi connectivity index (χ1) is 16.6. The van der Waals surface area contributed by atoms with Gasteiger partial charge in [0.05, 0.1) is 6.42 Å². The van der Waals surface area contributed by atoms with Crippen LogP contribution in [0.4, 0.5) is 0 Å². The number of hydrogen-bond donors (Lipinski definition) is 2. The lowest BCUT2D eigenvalue weighted by Crippen LogP contribution is -2.70. The maximum atomic E-state index is 12.6. The maximum Gasteiger partial charge on any atom is 0.326 e. The minimum atomic E-state index is -1.09. The Labute approximate surface area is 210 Å². The van der Waals surface area contributed by atoms with Crippen LogP contribution in [0.2, 0.25) is 0 Å². The summed E-state index contributed by atoms with van der Waals surface area (Å²) in [6.07, 6.45) is 3.82. The van der Waals surface area contributed by atoms with E-state index in [4.69, 9.17) is 24.0 Å². The molecule has 1 saturated carbocycles. The van der Waals surface area contributed by atoms with Crippen LogP contribution in [0.1, 0.15) is 65.7 Å². The van der Waals surface area contributed by atoms with Gasteiger partial charge in [0.25, 0.3) is 0 Å². The number of carboxylic acids is 1. The molecule has 1 amide bonds. The van der Waals surface area contributed by atoms with Crippen molar-refractivity contribution in [1.29, 1.82) is 0 Å². The van der Waals surface area contributed by atoms with E-state index in [0.29, 0.717) is 24.5 Å². The van der Waals surface area contributed by atoms with Crippen LogP contribution in [-0.2, 0) is 38.4 Å². The zero-order chi connectivity index (χ0) is 25.4. The number of aliphatic carboxylic acids is 1. The summed E-state index contributed by atoms with van der Waals surface area (Å²) < 4.78 is 18.2. The van der Waals surface area contributed by atoms with Crippen LogP contribution < -0.4 is 5.32 Å². The first-order valence-corrected chi connectivity index (χ1v) is 13.9. The van der Waals surface area contributed by atoms with E-state index in [2.05, 4.69) is 12.2 Å². The van der Waals surface area contributed by atoms with Crippen LogP contribution in [-0.4, -0.2) is 65.0 Å². The molecule has 0 unspecified atom stereocenters. The van der Waals surface area contributed by atoms with E-state index in [1.54, 1.807) is 0 Å². The van der Waals surface area contributed by atoms with Crippen LogP contribution in [0, 0.1) is 23.7 Å². The predicted molar refractivity (Wildman–Crippen MR) is 125 cm³/mol. The Morgan fingerprint density at radius 1 is 1.14 bits per heavy atom. The molecule has 10 nitrogen and oxygen atoms in total. The standard InChI is InChI=1S/C24H37NO9S/c1-13-5-6-16-14(2)21(31-22-24(16)15(13)9-11-23(3,32-22)33-34-24)30-19(27)8-7-18(26)25-17(20(28)29)10-12-35-4/h13-17,21-22H,5-12H2,1-4H3,(H,25,26)(H,28,29)/t13-,14-,15+,16+,17-,21-,22-,23-,24-/m1/s1. The first kappa shape index (κ1) is 26.7. The highest BCUT2D eigenvalue weighted by Gasteiger charge is 2.69. The minimum absolute atomic E-state index is 0.0268. The SMILES string of the molecule is CSCC[C@@H](NC(=O)CCC(=O)O[C@@H]1O[C@@H]2O[C@@]3(C)CC[C@H]4[C@H](C)CC[C@@H]([C@H]1C)[C@@]24OO3)C(=O)O. The number of carbonyl (C=O) groups is 3. The van der Waals surface area contributed by atoms with Crippen molar-refractivity contribution in [2.24, 2.45) is 23.7 Å². The third kappa shape index (κ3) is 5.20. The first-order valence-electron chi connectivity index (χ1n) is 12.5. The molecule has 4 saturated heterocycles. The second-order valence-corrected chi connectivity index (χ2v) is 11.5. The summed E-state index contributed by atoms with van der Waals surface area (Å²) in [4.78, 5) is 48.1. The lowest BCUT2D eigenvalue weighted by molar-refractivity contribution is -0.576. The van der Waals surface area contributed by atoms with Gasteiger partial charge in [-0.2, -0.15) is 11.8 Å². The van der Waals surface area contributed by atoms with Crippen molar-refractivity contribution >= 4 is 29.6 Å². The molecule has 11 heteroatoms. The molecule has 2 bridgehead atoms. The van der Waals surface area contributed by atoms with Gasteiger partial charge in [0.2, 0.25) is 18.0 Å². The summed E-state index contributed by atoms with van der Waals surface area (Å²) in [6, 6.07) is -0.975. The number of fused-ring (bicyclic) bond motifs is 2. The van der Waals surface area contributed by atoms with Crippen molar-refractivity contribution in [1.82, 2.24) is 5.32 Å². The summed E-state index contributed by atoms with van der Waals surface area (Å²) in [5.41, 5.74) is -0.738. The third-order valence-corrected chi connectivity index (χ3v) is 8.79. The molecule has 35 heavy (non-hydrogen) atoms. The Hall–Kier alpha value is -1.40. The van der Waals surface area contributed by atoms with Gasteiger partial charge in [-0.3, -0.25) is 9.59 Å². The molecule has 0 aromatic rings. The van der Waals surface area contributed by atoms with Gasteiger partial charge >= 0.3 is 11.9 Å². The Morgan fingerprint density at radius 3 is 2.63 bits per heavy atom. The minimum Gasteiger partial charge on any atom is -0.480 e. The summed E-state index contributed by atoms with van der Waals surface area (Å²) in [5.74, 6) is -1.96. The highest BCUT2D eigenvalue weighted by Crippen LogP contribution is 2.60. The molecule has 0 aromatic carbocycles. The van der Waals surface area contributed by atoms with Crippen molar-refractivity contribution in [2.75, 3.05) is 12.0 Å². The molecule has 0 radical (unpaired) electrons. The number of nitrogens with one attached hydrogen (secondary N) is 1. The van der Waals surface area contributed by atoms with Gasteiger partial charge < -0.3 is 24.6 Å². The average Bonchev–Trinajstić information content (AvgIpc) is 3.04. The monoisotopic (exact) mass is 515 g/mol. The molecular formula is C24H37NO9S. The number of rotatable bonds is 9. The Morgan fingerprint density at radius 2 is 1.91 bits per heavy atom. The summed E-state index contributed by atoms with van der Waals surface area (Å²) in [5, 5.41) is 11.8. The number of esters is 1. The molecule has 198 valence electrons. The van der Waals surface area contributed by atoms with Gasteiger partial charge in [0, 0.05) is 24.7 Å². The van der Waals surface area contributed by atoms with Crippen molar-refractivity contribution in [3.8, 4) is 0 Å². The van der Waals surface area contributed by atoms with E-state index >= 15 is 0 Å². The molecular weight excluding hydrogens is 478 g/mol. The van der Waals surface area contributed by atoms with E-state index in [9.17, 15) is 19.5 Å². The van der Waals surface area contributed by atoms with Gasteiger partial charge in [0.15, 0.2) is 11.9 Å². The summed E-state index contributed by atoms with van der Waals surface area (Å²) in [7, 11) is 0. The van der Waals surface area contributed by atoms with Gasteiger partial charge in [-0.25, -0.2) is 14.6 Å². The van der Waals surface area contributed by atoms with Crippen molar-refractivity contribution in [3.63, 3.8) is 0 Å². The molecule has 9 atom stereocenters.